The molecule has 0 saturated carbocycles. The Labute approximate surface area is 148 Å². The molecule has 2 aromatic rings. The van der Waals surface area contributed by atoms with Gasteiger partial charge in [0.15, 0.2) is 5.82 Å². The Kier molecular flexibility index (Phi) is 6.47. The minimum absolute atomic E-state index is 0.420. The summed E-state index contributed by atoms with van der Waals surface area (Å²) in [4.78, 5) is 20.3. The van der Waals surface area contributed by atoms with Gasteiger partial charge in [-0.3, -0.25) is 4.79 Å². The molecule has 1 heterocycles. The van der Waals surface area contributed by atoms with Crippen LogP contribution in [0.3, 0.4) is 0 Å². The third kappa shape index (κ3) is 4.33. The summed E-state index contributed by atoms with van der Waals surface area (Å²) in [6.45, 7) is 4.76. The molecule has 0 unspecified atom stereocenters. The second-order valence-electron chi connectivity index (χ2n) is 6.01. The van der Waals surface area contributed by atoms with E-state index in [1.807, 2.05) is 38.1 Å². The highest BCUT2D eigenvalue weighted by Gasteiger charge is 2.34. The predicted molar refractivity (Wildman–Crippen MR) is 96.4 cm³/mol. The number of carbonyl (C=O) groups is 1. The highest BCUT2D eigenvalue weighted by atomic mass is 16.5. The Morgan fingerprint density at radius 1 is 1.20 bits per heavy atom. The minimum atomic E-state index is -0.757. The molecular formula is C19H25N3O3. The van der Waals surface area contributed by atoms with Crippen molar-refractivity contribution in [1.82, 2.24) is 15.3 Å². The molecule has 0 aliphatic heterocycles. The number of hydrogen-bond acceptors (Lipinski definition) is 5. The van der Waals surface area contributed by atoms with Crippen molar-refractivity contribution >= 4 is 5.97 Å². The summed E-state index contributed by atoms with van der Waals surface area (Å²) < 4.78 is 5.33. The average molecular weight is 343 g/mol. The number of carboxylic acid groups (broad SMARTS) is 1. The lowest BCUT2D eigenvalue weighted by atomic mass is 9.82. The van der Waals surface area contributed by atoms with E-state index in [1.54, 1.807) is 19.5 Å². The molecule has 0 aliphatic rings. The van der Waals surface area contributed by atoms with E-state index in [9.17, 15) is 9.90 Å². The minimum Gasteiger partial charge on any atom is -0.496 e. The van der Waals surface area contributed by atoms with Gasteiger partial charge in [-0.2, -0.15) is 0 Å². The summed E-state index contributed by atoms with van der Waals surface area (Å²) in [6, 6.07) is 7.60. The van der Waals surface area contributed by atoms with Gasteiger partial charge in [-0.25, -0.2) is 9.97 Å². The van der Waals surface area contributed by atoms with E-state index in [2.05, 4.69) is 15.3 Å². The fourth-order valence-electron chi connectivity index (χ4n) is 2.74. The monoisotopic (exact) mass is 343 g/mol. The lowest BCUT2D eigenvalue weighted by Crippen LogP contribution is -2.40. The van der Waals surface area contributed by atoms with Gasteiger partial charge in [0, 0.05) is 31.0 Å². The van der Waals surface area contributed by atoms with Crippen LogP contribution in [0.1, 0.15) is 32.3 Å². The number of aliphatic carboxylic acids is 1. The van der Waals surface area contributed by atoms with Crippen molar-refractivity contribution in [3.05, 3.63) is 42.2 Å². The van der Waals surface area contributed by atoms with Gasteiger partial charge in [0.25, 0.3) is 0 Å². The molecule has 2 rings (SSSR count). The molecule has 0 saturated heterocycles. The number of methoxy groups -OCH3 is 1. The van der Waals surface area contributed by atoms with Gasteiger partial charge in [-0.05, 0) is 25.0 Å². The number of nitrogens with one attached hydrogen (secondary N) is 1. The van der Waals surface area contributed by atoms with Crippen LogP contribution in [0.25, 0.3) is 11.4 Å². The molecule has 2 N–H and O–H groups in total. The van der Waals surface area contributed by atoms with Crippen LogP contribution in [0.15, 0.2) is 36.7 Å². The van der Waals surface area contributed by atoms with E-state index in [4.69, 9.17) is 4.74 Å². The Hall–Kier alpha value is -2.47. The third-order valence-corrected chi connectivity index (χ3v) is 4.65. The zero-order chi connectivity index (χ0) is 18.3. The predicted octanol–water partition coefficient (Wildman–Crippen LogP) is 3.13. The SMILES string of the molecule is CCC(CC)(CNCc1cnc(-c2ccccc2OC)nc1)C(=O)O. The van der Waals surface area contributed by atoms with Crippen LogP contribution in [-0.4, -0.2) is 34.7 Å². The molecule has 0 bridgehead atoms. The van der Waals surface area contributed by atoms with E-state index < -0.39 is 11.4 Å². The van der Waals surface area contributed by atoms with Gasteiger partial charge in [-0.15, -0.1) is 0 Å². The standard InChI is InChI=1S/C19H25N3O3/c1-4-19(5-2,18(23)24)13-20-10-14-11-21-17(22-12-14)15-8-6-7-9-16(15)25-3/h6-9,11-12,20H,4-5,10,13H2,1-3H3,(H,23,24). The Morgan fingerprint density at radius 3 is 2.40 bits per heavy atom. The van der Waals surface area contributed by atoms with E-state index >= 15 is 0 Å². The number of rotatable bonds is 9. The Balaban J connectivity index is 2.02. The summed E-state index contributed by atoms with van der Waals surface area (Å²) in [5.74, 6) is 0.571. The van der Waals surface area contributed by atoms with Crippen LogP contribution in [-0.2, 0) is 11.3 Å². The largest absolute Gasteiger partial charge is 0.496 e. The normalized spacial score (nSPS) is 11.3. The lowest BCUT2D eigenvalue weighted by Gasteiger charge is -2.26. The number of aromatic nitrogens is 2. The van der Waals surface area contributed by atoms with Crippen LogP contribution in [0.2, 0.25) is 0 Å². The molecule has 25 heavy (non-hydrogen) atoms. The lowest BCUT2D eigenvalue weighted by molar-refractivity contribution is -0.149. The van der Waals surface area contributed by atoms with Gasteiger partial charge >= 0.3 is 5.97 Å². The smallest absolute Gasteiger partial charge is 0.310 e. The molecule has 1 aromatic heterocycles. The van der Waals surface area contributed by atoms with Crippen molar-refractivity contribution in [1.29, 1.82) is 0 Å². The van der Waals surface area contributed by atoms with Crippen molar-refractivity contribution in [2.24, 2.45) is 5.41 Å². The van der Waals surface area contributed by atoms with Crippen molar-refractivity contribution < 1.29 is 14.6 Å². The molecule has 0 aliphatic carbocycles. The summed E-state index contributed by atoms with van der Waals surface area (Å²) in [5.41, 5.74) is 1.02. The van der Waals surface area contributed by atoms with E-state index in [1.165, 1.54) is 0 Å². The first kappa shape index (κ1) is 18.9. The fraction of sp³-hybridized carbons (Fsp3) is 0.421. The summed E-state index contributed by atoms with van der Waals surface area (Å²) >= 11 is 0. The van der Waals surface area contributed by atoms with E-state index in [0.29, 0.717) is 31.8 Å². The maximum atomic E-state index is 11.5. The van der Waals surface area contributed by atoms with E-state index in [0.717, 1.165) is 16.9 Å². The van der Waals surface area contributed by atoms with Crippen LogP contribution in [0.4, 0.5) is 0 Å². The molecule has 0 spiro atoms. The fourth-order valence-corrected chi connectivity index (χ4v) is 2.74. The van der Waals surface area contributed by atoms with Crippen molar-refractivity contribution in [3.63, 3.8) is 0 Å². The summed E-state index contributed by atoms with van der Waals surface area (Å²) in [5, 5.41) is 12.7. The Bertz CT molecular complexity index is 697. The first-order valence-electron chi connectivity index (χ1n) is 8.44. The zero-order valence-corrected chi connectivity index (χ0v) is 15.0. The van der Waals surface area contributed by atoms with Crippen LogP contribution < -0.4 is 10.1 Å². The molecule has 0 atom stereocenters. The van der Waals surface area contributed by atoms with Gasteiger partial charge < -0.3 is 15.2 Å². The Morgan fingerprint density at radius 2 is 1.84 bits per heavy atom. The van der Waals surface area contributed by atoms with Crippen LogP contribution in [0, 0.1) is 5.41 Å². The maximum absolute atomic E-state index is 11.5. The van der Waals surface area contributed by atoms with Crippen LogP contribution >= 0.6 is 0 Å². The molecule has 1 aromatic carbocycles. The topological polar surface area (TPSA) is 84.3 Å². The molecular weight excluding hydrogens is 318 g/mol. The van der Waals surface area contributed by atoms with Crippen molar-refractivity contribution in [2.75, 3.05) is 13.7 Å². The second kappa shape index (κ2) is 8.58. The number of carboxylic acids is 1. The number of hydrogen-bond donors (Lipinski definition) is 2. The summed E-state index contributed by atoms with van der Waals surface area (Å²) in [6.07, 6.45) is 4.69. The van der Waals surface area contributed by atoms with E-state index in [-0.39, 0.29) is 0 Å². The summed E-state index contributed by atoms with van der Waals surface area (Å²) in [7, 11) is 1.62. The number of ether oxygens (including phenoxy) is 1. The number of para-hydroxylation sites is 1. The second-order valence-corrected chi connectivity index (χ2v) is 6.01. The van der Waals surface area contributed by atoms with Crippen LogP contribution in [0.5, 0.6) is 5.75 Å². The number of benzene rings is 1. The molecule has 0 radical (unpaired) electrons. The third-order valence-electron chi connectivity index (χ3n) is 4.65. The van der Waals surface area contributed by atoms with Gasteiger partial charge in [0.2, 0.25) is 0 Å². The molecule has 6 heteroatoms. The molecule has 0 fully saturated rings. The van der Waals surface area contributed by atoms with Gasteiger partial charge in [0.1, 0.15) is 5.75 Å². The zero-order valence-electron chi connectivity index (χ0n) is 15.0. The molecule has 0 amide bonds. The molecule has 134 valence electrons. The highest BCUT2D eigenvalue weighted by Crippen LogP contribution is 2.27. The van der Waals surface area contributed by atoms with Gasteiger partial charge in [0.05, 0.1) is 18.1 Å². The first-order chi connectivity index (χ1) is 12.1. The molecule has 6 nitrogen and oxygen atoms in total. The van der Waals surface area contributed by atoms with Crippen molar-refractivity contribution in [2.45, 2.75) is 33.2 Å². The average Bonchev–Trinajstić information content (AvgIpc) is 2.66. The maximum Gasteiger partial charge on any atom is 0.310 e. The van der Waals surface area contributed by atoms with Gasteiger partial charge in [-0.1, -0.05) is 26.0 Å². The van der Waals surface area contributed by atoms with Crippen molar-refractivity contribution in [3.8, 4) is 17.1 Å². The first-order valence-corrected chi connectivity index (χ1v) is 8.44. The highest BCUT2D eigenvalue weighted by molar-refractivity contribution is 5.74. The number of nitrogens with zero attached hydrogens (tertiary/aromatic N) is 2. The quantitative estimate of drug-likeness (QED) is 0.728.